The number of nitrogens with one attached hydrogen (secondary N) is 1. The summed E-state index contributed by atoms with van der Waals surface area (Å²) in [7, 11) is 5.24. The summed E-state index contributed by atoms with van der Waals surface area (Å²) in [6.45, 7) is 2.75. The van der Waals surface area contributed by atoms with Crippen LogP contribution in [0.15, 0.2) is 48.5 Å². The van der Waals surface area contributed by atoms with Crippen molar-refractivity contribution in [3.63, 3.8) is 0 Å². The van der Waals surface area contributed by atoms with Gasteiger partial charge < -0.3 is 14.8 Å². The lowest BCUT2D eigenvalue weighted by atomic mass is 10.1. The van der Waals surface area contributed by atoms with E-state index in [4.69, 9.17) is 9.47 Å². The zero-order valence-corrected chi connectivity index (χ0v) is 16.0. The second kappa shape index (κ2) is 9.82. The van der Waals surface area contributed by atoms with Crippen LogP contribution in [0.2, 0.25) is 0 Å². The Kier molecular flexibility index (Phi) is 7.48. The number of benzene rings is 2. The number of para-hydroxylation sites is 2. The van der Waals surface area contributed by atoms with Gasteiger partial charge in [-0.05, 0) is 63.2 Å². The van der Waals surface area contributed by atoms with Gasteiger partial charge in [0.2, 0.25) is 5.91 Å². The summed E-state index contributed by atoms with van der Waals surface area (Å²) < 4.78 is 10.5. The van der Waals surface area contributed by atoms with E-state index in [9.17, 15) is 4.79 Å². The molecule has 0 bridgehead atoms. The average molecular weight is 356 g/mol. The molecule has 2 rings (SSSR count). The first-order valence-electron chi connectivity index (χ1n) is 8.82. The van der Waals surface area contributed by atoms with Crippen LogP contribution < -0.4 is 14.8 Å². The highest BCUT2D eigenvalue weighted by Crippen LogP contribution is 2.23. The third-order valence-electron chi connectivity index (χ3n) is 4.54. The Balaban J connectivity index is 1.82. The molecule has 0 saturated carbocycles. The van der Waals surface area contributed by atoms with E-state index in [-0.39, 0.29) is 11.9 Å². The Morgan fingerprint density at radius 3 is 2.42 bits per heavy atom. The van der Waals surface area contributed by atoms with E-state index in [0.29, 0.717) is 11.4 Å². The lowest BCUT2D eigenvalue weighted by Gasteiger charge is -2.24. The predicted molar refractivity (Wildman–Crippen MR) is 105 cm³/mol. The van der Waals surface area contributed by atoms with E-state index in [1.165, 1.54) is 5.56 Å². The van der Waals surface area contributed by atoms with Crippen molar-refractivity contribution in [2.45, 2.75) is 25.8 Å². The topological polar surface area (TPSA) is 50.8 Å². The Hall–Kier alpha value is -2.53. The lowest BCUT2D eigenvalue weighted by molar-refractivity contribution is -0.120. The second-order valence-corrected chi connectivity index (χ2v) is 6.30. The van der Waals surface area contributed by atoms with E-state index >= 15 is 0 Å². The lowest BCUT2D eigenvalue weighted by Crippen LogP contribution is -2.40. The number of methoxy groups -OCH3 is 2. The van der Waals surface area contributed by atoms with E-state index in [1.807, 2.05) is 50.4 Å². The van der Waals surface area contributed by atoms with Crippen LogP contribution in [0.5, 0.6) is 11.5 Å². The fourth-order valence-corrected chi connectivity index (χ4v) is 2.70. The Morgan fingerprint density at radius 2 is 1.77 bits per heavy atom. The summed E-state index contributed by atoms with van der Waals surface area (Å²) in [5.74, 6) is 1.49. The van der Waals surface area contributed by atoms with Crippen LogP contribution >= 0.6 is 0 Å². The summed E-state index contributed by atoms with van der Waals surface area (Å²) in [4.78, 5) is 14.6. The van der Waals surface area contributed by atoms with Crippen LogP contribution in [-0.4, -0.2) is 44.7 Å². The van der Waals surface area contributed by atoms with Gasteiger partial charge in [0.1, 0.15) is 11.5 Å². The van der Waals surface area contributed by atoms with Crippen molar-refractivity contribution in [2.24, 2.45) is 0 Å². The minimum atomic E-state index is -0.226. The Morgan fingerprint density at radius 1 is 1.08 bits per heavy atom. The standard InChI is InChI=1S/C21H28N2O3/c1-16(21(24)22-19-9-5-6-10-20(19)26-4)23(2)15-7-8-17-11-13-18(25-3)14-12-17/h5-6,9-14,16H,7-8,15H2,1-4H3,(H,22,24). The fraction of sp³-hybridized carbons (Fsp3) is 0.381. The molecule has 0 heterocycles. The maximum Gasteiger partial charge on any atom is 0.241 e. The number of carbonyl (C=O) groups excluding carboxylic acids is 1. The van der Waals surface area contributed by atoms with E-state index in [0.717, 1.165) is 25.1 Å². The molecule has 0 fully saturated rings. The molecule has 0 aliphatic heterocycles. The molecule has 5 heteroatoms. The van der Waals surface area contributed by atoms with Crippen molar-refractivity contribution in [3.05, 3.63) is 54.1 Å². The third-order valence-corrected chi connectivity index (χ3v) is 4.54. The molecule has 0 aliphatic carbocycles. The van der Waals surface area contributed by atoms with Crippen molar-refractivity contribution in [1.29, 1.82) is 0 Å². The zero-order valence-electron chi connectivity index (χ0n) is 16.0. The van der Waals surface area contributed by atoms with Crippen molar-refractivity contribution >= 4 is 11.6 Å². The number of nitrogens with zero attached hydrogens (tertiary/aromatic N) is 1. The fourth-order valence-electron chi connectivity index (χ4n) is 2.70. The number of amides is 1. The number of aryl methyl sites for hydroxylation is 1. The molecular formula is C21H28N2O3. The largest absolute Gasteiger partial charge is 0.497 e. The molecule has 1 unspecified atom stereocenters. The highest BCUT2D eigenvalue weighted by molar-refractivity contribution is 5.95. The first-order chi connectivity index (χ1) is 12.5. The molecule has 140 valence electrons. The molecule has 2 aromatic carbocycles. The van der Waals surface area contributed by atoms with Gasteiger partial charge in [-0.25, -0.2) is 0 Å². The van der Waals surface area contributed by atoms with Crippen LogP contribution in [0.1, 0.15) is 18.9 Å². The monoisotopic (exact) mass is 356 g/mol. The minimum Gasteiger partial charge on any atom is -0.497 e. The van der Waals surface area contributed by atoms with Gasteiger partial charge in [0.25, 0.3) is 0 Å². The molecule has 5 nitrogen and oxygen atoms in total. The van der Waals surface area contributed by atoms with Crippen LogP contribution in [0, 0.1) is 0 Å². The van der Waals surface area contributed by atoms with E-state index in [1.54, 1.807) is 14.2 Å². The number of rotatable bonds is 9. The highest BCUT2D eigenvalue weighted by Gasteiger charge is 2.18. The number of ether oxygens (including phenoxy) is 2. The highest BCUT2D eigenvalue weighted by atomic mass is 16.5. The molecule has 0 saturated heterocycles. The summed E-state index contributed by atoms with van der Waals surface area (Å²) >= 11 is 0. The van der Waals surface area contributed by atoms with Gasteiger partial charge in [-0.1, -0.05) is 24.3 Å². The molecular weight excluding hydrogens is 328 g/mol. The number of hydrogen-bond donors (Lipinski definition) is 1. The SMILES string of the molecule is COc1ccc(CCCN(C)C(C)C(=O)Nc2ccccc2OC)cc1. The summed E-state index contributed by atoms with van der Waals surface area (Å²) in [5.41, 5.74) is 1.96. The van der Waals surface area contributed by atoms with Gasteiger partial charge in [-0.2, -0.15) is 0 Å². The molecule has 0 radical (unpaired) electrons. The number of hydrogen-bond acceptors (Lipinski definition) is 4. The predicted octanol–water partition coefficient (Wildman–Crippen LogP) is 3.60. The van der Waals surface area contributed by atoms with Gasteiger partial charge in [-0.3, -0.25) is 9.69 Å². The molecule has 2 aromatic rings. The first-order valence-corrected chi connectivity index (χ1v) is 8.82. The molecule has 26 heavy (non-hydrogen) atoms. The number of anilines is 1. The molecule has 0 spiro atoms. The second-order valence-electron chi connectivity index (χ2n) is 6.30. The van der Waals surface area contributed by atoms with Gasteiger partial charge in [0, 0.05) is 0 Å². The molecule has 1 amide bonds. The molecule has 1 atom stereocenters. The van der Waals surface area contributed by atoms with Crippen LogP contribution in [0.4, 0.5) is 5.69 Å². The van der Waals surface area contributed by atoms with Crippen LogP contribution in [0.3, 0.4) is 0 Å². The molecule has 1 N–H and O–H groups in total. The Labute approximate surface area is 155 Å². The van der Waals surface area contributed by atoms with E-state index in [2.05, 4.69) is 22.3 Å². The van der Waals surface area contributed by atoms with Gasteiger partial charge in [-0.15, -0.1) is 0 Å². The van der Waals surface area contributed by atoms with E-state index < -0.39 is 0 Å². The zero-order chi connectivity index (χ0) is 18.9. The Bertz CT molecular complexity index is 701. The van der Waals surface area contributed by atoms with Gasteiger partial charge in [0.05, 0.1) is 25.9 Å². The van der Waals surface area contributed by atoms with Gasteiger partial charge in [0.15, 0.2) is 0 Å². The van der Waals surface area contributed by atoms with Crippen molar-refractivity contribution < 1.29 is 14.3 Å². The quantitative estimate of drug-likeness (QED) is 0.746. The molecule has 0 aliphatic rings. The first kappa shape index (κ1) is 19.8. The average Bonchev–Trinajstić information content (AvgIpc) is 2.68. The number of carbonyl (C=O) groups is 1. The normalized spacial score (nSPS) is 11.9. The summed E-state index contributed by atoms with van der Waals surface area (Å²) in [5, 5.41) is 2.94. The summed E-state index contributed by atoms with van der Waals surface area (Å²) in [6, 6.07) is 15.3. The maximum atomic E-state index is 12.5. The van der Waals surface area contributed by atoms with Crippen LogP contribution in [0.25, 0.3) is 0 Å². The van der Waals surface area contributed by atoms with Gasteiger partial charge >= 0.3 is 0 Å². The number of likely N-dealkylation sites (N-methyl/N-ethyl adjacent to an activating group) is 1. The van der Waals surface area contributed by atoms with Crippen LogP contribution in [-0.2, 0) is 11.2 Å². The van der Waals surface area contributed by atoms with Crippen molar-refractivity contribution in [1.82, 2.24) is 4.90 Å². The smallest absolute Gasteiger partial charge is 0.241 e. The van der Waals surface area contributed by atoms with Crippen molar-refractivity contribution in [2.75, 3.05) is 33.1 Å². The maximum absolute atomic E-state index is 12.5. The third kappa shape index (κ3) is 5.49. The molecule has 0 aromatic heterocycles. The summed E-state index contributed by atoms with van der Waals surface area (Å²) in [6.07, 6.45) is 1.95. The van der Waals surface area contributed by atoms with Crippen molar-refractivity contribution in [3.8, 4) is 11.5 Å². The minimum absolute atomic E-state index is 0.0403.